The van der Waals surface area contributed by atoms with Gasteiger partial charge in [0, 0.05) is 11.8 Å². The minimum absolute atomic E-state index is 0.282. The second kappa shape index (κ2) is 5.76. The first-order chi connectivity index (χ1) is 3.81. The zero-order valence-electron chi connectivity index (χ0n) is 4.49. The zero-order valence-corrected chi connectivity index (χ0v) is 7.66. The van der Waals surface area contributed by atoms with Crippen molar-refractivity contribution < 1.29 is 4.79 Å². The van der Waals surface area contributed by atoms with Gasteiger partial charge in [-0.1, -0.05) is 31.9 Å². The molecule has 3 heteroatoms. The van der Waals surface area contributed by atoms with Gasteiger partial charge in [0.2, 0.25) is 0 Å². The molecular weight excluding hydrogens is 236 g/mol. The van der Waals surface area contributed by atoms with E-state index >= 15 is 0 Å². The number of ketones is 1. The Labute approximate surface area is 66.1 Å². The zero-order chi connectivity index (χ0) is 6.41. The quantitative estimate of drug-likeness (QED) is 0.692. The van der Waals surface area contributed by atoms with Gasteiger partial charge in [-0.2, -0.15) is 0 Å². The van der Waals surface area contributed by atoms with E-state index < -0.39 is 0 Å². The molecular formula is C5H8Br2O. The van der Waals surface area contributed by atoms with Crippen LogP contribution in [0.25, 0.3) is 0 Å². The maximum atomic E-state index is 10.5. The largest absolute Gasteiger partial charge is 0.299 e. The molecule has 0 aromatic carbocycles. The van der Waals surface area contributed by atoms with Crippen molar-refractivity contribution in [1.82, 2.24) is 0 Å². The first kappa shape index (κ1) is 8.63. The number of alkyl halides is 2. The normalized spacial score (nSPS) is 9.25. The summed E-state index contributed by atoms with van der Waals surface area (Å²) in [7, 11) is 0. The molecule has 0 aromatic rings. The van der Waals surface area contributed by atoms with Gasteiger partial charge < -0.3 is 0 Å². The second-order valence-electron chi connectivity index (χ2n) is 1.46. The molecule has 0 atom stereocenters. The van der Waals surface area contributed by atoms with Gasteiger partial charge in [-0.25, -0.2) is 0 Å². The Hall–Kier alpha value is 0.630. The van der Waals surface area contributed by atoms with Gasteiger partial charge in [0.1, 0.15) is 5.78 Å². The molecule has 0 saturated carbocycles. The van der Waals surface area contributed by atoms with Crippen LogP contribution in [0, 0.1) is 0 Å². The minimum atomic E-state index is 0.282. The fourth-order valence-corrected chi connectivity index (χ4v) is 0.892. The average molecular weight is 244 g/mol. The molecule has 0 aliphatic carbocycles. The van der Waals surface area contributed by atoms with Gasteiger partial charge in [0.25, 0.3) is 0 Å². The van der Waals surface area contributed by atoms with E-state index in [4.69, 9.17) is 0 Å². The summed E-state index contributed by atoms with van der Waals surface area (Å²) >= 11 is 6.32. The summed E-state index contributed by atoms with van der Waals surface area (Å²) in [6.45, 7) is 0. The van der Waals surface area contributed by atoms with Gasteiger partial charge in [0.05, 0.1) is 5.33 Å². The van der Waals surface area contributed by atoms with E-state index in [1.165, 1.54) is 0 Å². The minimum Gasteiger partial charge on any atom is -0.299 e. The van der Waals surface area contributed by atoms with E-state index in [2.05, 4.69) is 31.9 Å². The molecule has 8 heavy (non-hydrogen) atoms. The molecule has 0 unspecified atom stereocenters. The Kier molecular flexibility index (Phi) is 6.21. The standard InChI is InChI=1S/C5H8Br2O/c6-3-1-2-5(8)4-7/h1-4H2. The van der Waals surface area contributed by atoms with Gasteiger partial charge in [0.15, 0.2) is 0 Å². The van der Waals surface area contributed by atoms with Crippen LogP contribution in [0.15, 0.2) is 0 Å². The lowest BCUT2D eigenvalue weighted by Gasteiger charge is -1.89. The van der Waals surface area contributed by atoms with Crippen molar-refractivity contribution in [3.63, 3.8) is 0 Å². The Morgan fingerprint density at radius 3 is 2.38 bits per heavy atom. The Balaban J connectivity index is 2.99. The lowest BCUT2D eigenvalue weighted by molar-refractivity contribution is -0.116. The Bertz CT molecular complexity index is 72.8. The van der Waals surface area contributed by atoms with E-state index in [0.717, 1.165) is 11.8 Å². The number of Topliss-reactive ketones (excluding diaryl/α,β-unsaturated/α-hetero) is 1. The van der Waals surface area contributed by atoms with Crippen LogP contribution in [0.3, 0.4) is 0 Å². The van der Waals surface area contributed by atoms with Gasteiger partial charge >= 0.3 is 0 Å². The van der Waals surface area contributed by atoms with Crippen molar-refractivity contribution in [3.05, 3.63) is 0 Å². The highest BCUT2D eigenvalue weighted by Crippen LogP contribution is 1.96. The molecule has 0 heterocycles. The van der Waals surface area contributed by atoms with Gasteiger partial charge in [-0.05, 0) is 6.42 Å². The predicted octanol–water partition coefficient (Wildman–Crippen LogP) is 2.13. The van der Waals surface area contributed by atoms with Gasteiger partial charge in [-0.3, -0.25) is 4.79 Å². The third-order valence-corrected chi connectivity index (χ3v) is 1.92. The summed E-state index contributed by atoms with van der Waals surface area (Å²) in [4.78, 5) is 10.5. The van der Waals surface area contributed by atoms with Gasteiger partial charge in [-0.15, -0.1) is 0 Å². The average Bonchev–Trinajstić information content (AvgIpc) is 1.83. The molecule has 1 nitrogen and oxygen atoms in total. The molecule has 0 spiro atoms. The highest BCUT2D eigenvalue weighted by atomic mass is 79.9. The number of carbonyl (C=O) groups excluding carboxylic acids is 1. The highest BCUT2D eigenvalue weighted by Gasteiger charge is 1.95. The highest BCUT2D eigenvalue weighted by molar-refractivity contribution is 9.09. The number of hydrogen-bond donors (Lipinski definition) is 0. The van der Waals surface area contributed by atoms with Crippen LogP contribution in [-0.4, -0.2) is 16.4 Å². The van der Waals surface area contributed by atoms with Crippen molar-refractivity contribution in [2.45, 2.75) is 12.8 Å². The molecule has 0 rings (SSSR count). The number of carbonyl (C=O) groups is 1. The first-order valence-electron chi connectivity index (χ1n) is 2.45. The van der Waals surface area contributed by atoms with Crippen LogP contribution in [-0.2, 0) is 4.79 Å². The van der Waals surface area contributed by atoms with Crippen molar-refractivity contribution in [3.8, 4) is 0 Å². The fraction of sp³-hybridized carbons (Fsp3) is 0.800. The second-order valence-corrected chi connectivity index (χ2v) is 2.82. The first-order valence-corrected chi connectivity index (χ1v) is 4.69. The maximum Gasteiger partial charge on any atom is 0.143 e. The SMILES string of the molecule is O=C(CBr)CCCBr. The van der Waals surface area contributed by atoms with E-state index in [9.17, 15) is 4.79 Å². The van der Waals surface area contributed by atoms with E-state index in [-0.39, 0.29) is 5.78 Å². The molecule has 0 aromatic heterocycles. The molecule has 0 saturated heterocycles. The number of halogens is 2. The maximum absolute atomic E-state index is 10.5. The molecule has 0 aliphatic rings. The molecule has 0 aliphatic heterocycles. The molecule has 0 radical (unpaired) electrons. The monoisotopic (exact) mass is 242 g/mol. The molecule has 0 amide bonds. The van der Waals surface area contributed by atoms with Crippen molar-refractivity contribution in [2.24, 2.45) is 0 Å². The summed E-state index contributed by atoms with van der Waals surface area (Å²) in [5.74, 6) is 0.282. The van der Waals surface area contributed by atoms with Crippen LogP contribution < -0.4 is 0 Å². The summed E-state index contributed by atoms with van der Waals surface area (Å²) in [5.41, 5.74) is 0. The summed E-state index contributed by atoms with van der Waals surface area (Å²) in [5, 5.41) is 1.42. The van der Waals surface area contributed by atoms with Crippen LogP contribution in [0.2, 0.25) is 0 Å². The van der Waals surface area contributed by atoms with E-state index in [1.807, 2.05) is 0 Å². The van der Waals surface area contributed by atoms with Crippen molar-refractivity contribution >= 4 is 37.6 Å². The van der Waals surface area contributed by atoms with E-state index in [1.54, 1.807) is 0 Å². The van der Waals surface area contributed by atoms with Crippen LogP contribution in [0.5, 0.6) is 0 Å². The third-order valence-electron chi connectivity index (χ3n) is 0.738. The lowest BCUT2D eigenvalue weighted by Crippen LogP contribution is -1.97. The molecule has 48 valence electrons. The summed E-state index contributed by atoms with van der Waals surface area (Å²) in [6.07, 6.45) is 1.64. The summed E-state index contributed by atoms with van der Waals surface area (Å²) < 4.78 is 0. The topological polar surface area (TPSA) is 17.1 Å². The molecule has 0 N–H and O–H groups in total. The van der Waals surface area contributed by atoms with Crippen molar-refractivity contribution in [1.29, 1.82) is 0 Å². The Morgan fingerprint density at radius 1 is 1.38 bits per heavy atom. The smallest absolute Gasteiger partial charge is 0.143 e. The van der Waals surface area contributed by atoms with E-state index in [0.29, 0.717) is 11.8 Å². The van der Waals surface area contributed by atoms with Crippen LogP contribution in [0.1, 0.15) is 12.8 Å². The van der Waals surface area contributed by atoms with Crippen molar-refractivity contribution in [2.75, 3.05) is 10.7 Å². The van der Waals surface area contributed by atoms with Crippen LogP contribution >= 0.6 is 31.9 Å². The fourth-order valence-electron chi connectivity index (χ4n) is 0.331. The number of rotatable bonds is 4. The van der Waals surface area contributed by atoms with Crippen LogP contribution in [0.4, 0.5) is 0 Å². The Morgan fingerprint density at radius 2 is 2.00 bits per heavy atom. The third kappa shape index (κ3) is 4.78. The molecule has 0 fully saturated rings. The number of hydrogen-bond acceptors (Lipinski definition) is 1. The predicted molar refractivity (Wildman–Crippen MR) is 41.8 cm³/mol. The lowest BCUT2D eigenvalue weighted by atomic mass is 10.3. The molecule has 0 bridgehead atoms. The summed E-state index contributed by atoms with van der Waals surface area (Å²) in [6, 6.07) is 0.